The van der Waals surface area contributed by atoms with Crippen molar-refractivity contribution < 1.29 is 144 Å². The average molecular weight is 780 g/mol. The molecular formula is Al2Mo2O3Pt2Ti2. The Labute approximate surface area is 175 Å². The van der Waals surface area contributed by atoms with Crippen molar-refractivity contribution in [3.8, 4) is 0 Å². The molecule has 3 nitrogen and oxygen atoms in total. The molecule has 0 aromatic heterocycles. The summed E-state index contributed by atoms with van der Waals surface area (Å²) in [7, 11) is 0. The molecule has 0 aromatic rings. The summed E-state index contributed by atoms with van der Waals surface area (Å²) in [6.45, 7) is 0. The van der Waals surface area contributed by atoms with Crippen molar-refractivity contribution >= 4 is 34.7 Å². The van der Waals surface area contributed by atoms with Crippen LogP contribution in [0.5, 0.6) is 0 Å². The van der Waals surface area contributed by atoms with Gasteiger partial charge in [-0.05, 0) is 0 Å². The summed E-state index contributed by atoms with van der Waals surface area (Å²) in [6, 6.07) is 0. The molecule has 0 bridgehead atoms. The minimum Gasteiger partial charge on any atom is -2.00 e. The maximum absolute atomic E-state index is 0. The van der Waals surface area contributed by atoms with Crippen LogP contribution in [0, 0.1) is 0 Å². The molecule has 0 atom stereocenters. The van der Waals surface area contributed by atoms with Gasteiger partial charge in [0.15, 0.2) is 0 Å². The average Bonchev–Trinajstić information content (AvgIpc) is 0. The van der Waals surface area contributed by atoms with Gasteiger partial charge >= 0.3 is 34.7 Å². The van der Waals surface area contributed by atoms with Gasteiger partial charge in [0.1, 0.15) is 0 Å². The van der Waals surface area contributed by atoms with Crippen LogP contribution in [0.1, 0.15) is 0 Å². The monoisotopic (exact) mass is 784 g/mol. The van der Waals surface area contributed by atoms with Crippen LogP contribution < -0.4 is 0 Å². The van der Waals surface area contributed by atoms with Gasteiger partial charge in [-0.25, -0.2) is 0 Å². The first-order valence-corrected chi connectivity index (χ1v) is 0. The summed E-state index contributed by atoms with van der Waals surface area (Å²) in [4.78, 5) is 0. The Bertz CT molecular complexity index is 25.3. The van der Waals surface area contributed by atoms with Crippen LogP contribution in [0.25, 0.3) is 0 Å². The zero-order chi connectivity index (χ0) is 0. The molecule has 0 N–H and O–H groups in total. The molecule has 11 heteroatoms. The fourth-order valence-electron chi connectivity index (χ4n) is 0. The molecule has 64 valence electrons. The second kappa shape index (κ2) is 115. The van der Waals surface area contributed by atoms with E-state index >= 15 is 0 Å². The standard InChI is InChI=1S/2Al.2Mo.3O.2Pt.2Ti/q2*+3;;;3*-2;;;;. The number of rotatable bonds is 0. The molecule has 0 amide bonds. The smallest absolute Gasteiger partial charge is 2.00 e. The third-order valence-corrected chi connectivity index (χ3v) is 0. The molecule has 0 aliphatic heterocycles. The molecular weight excluding hydrogens is 780 g/mol. The maximum atomic E-state index is 0. The van der Waals surface area contributed by atoms with Crippen molar-refractivity contribution in [2.24, 2.45) is 0 Å². The Hall–Kier alpha value is 5.13. The number of hydrogen-bond donors (Lipinski definition) is 0. The summed E-state index contributed by atoms with van der Waals surface area (Å²) >= 11 is 0. The first-order chi connectivity index (χ1) is 0. The van der Waals surface area contributed by atoms with Crippen LogP contribution in [0.4, 0.5) is 0 Å². The predicted octanol–water partition coefficient (Wildman–Crippen LogP) is -1.13. The predicted molar refractivity (Wildman–Crippen MR) is 13.6 cm³/mol. The zero-order valence-corrected chi connectivity index (χ0v) is 18.8. The summed E-state index contributed by atoms with van der Waals surface area (Å²) in [5.74, 6) is 0. The molecule has 0 saturated heterocycles. The molecule has 0 aromatic carbocycles. The van der Waals surface area contributed by atoms with Crippen LogP contribution >= 0.6 is 0 Å². The van der Waals surface area contributed by atoms with E-state index in [-0.39, 0.29) is 179 Å². The molecule has 0 aliphatic rings. The Balaban J connectivity index is 0. The van der Waals surface area contributed by atoms with Gasteiger partial charge in [-0.15, -0.1) is 0 Å². The first-order valence-electron chi connectivity index (χ1n) is 0. The van der Waals surface area contributed by atoms with E-state index in [1.807, 2.05) is 0 Å². The van der Waals surface area contributed by atoms with E-state index in [9.17, 15) is 0 Å². The van der Waals surface area contributed by atoms with Crippen LogP contribution in [0.2, 0.25) is 0 Å². The second-order valence-corrected chi connectivity index (χ2v) is 0. The fraction of sp³-hybridized carbons (Fsp3) is 0. The molecule has 0 radical (unpaired) electrons. The van der Waals surface area contributed by atoms with Gasteiger partial charge in [-0.3, -0.25) is 0 Å². The number of hydrogen-bond acceptors (Lipinski definition) is 0. The van der Waals surface area contributed by atoms with Crippen LogP contribution in [-0.4, -0.2) is 34.7 Å². The van der Waals surface area contributed by atoms with Gasteiger partial charge in [-0.1, -0.05) is 0 Å². The van der Waals surface area contributed by atoms with Crippen LogP contribution in [0.15, 0.2) is 0 Å². The summed E-state index contributed by atoms with van der Waals surface area (Å²) in [6.07, 6.45) is 0. The molecule has 11 heavy (non-hydrogen) atoms. The fourth-order valence-corrected chi connectivity index (χ4v) is 0. The van der Waals surface area contributed by atoms with E-state index < -0.39 is 0 Å². The van der Waals surface area contributed by atoms with E-state index in [0.29, 0.717) is 0 Å². The van der Waals surface area contributed by atoms with Crippen molar-refractivity contribution in [1.29, 1.82) is 0 Å². The molecule has 0 saturated carbocycles. The van der Waals surface area contributed by atoms with Gasteiger partial charge in [0.25, 0.3) is 0 Å². The summed E-state index contributed by atoms with van der Waals surface area (Å²) in [5.41, 5.74) is 0. The molecule has 0 aliphatic carbocycles. The van der Waals surface area contributed by atoms with E-state index in [0.717, 1.165) is 0 Å². The van der Waals surface area contributed by atoms with Gasteiger partial charge < -0.3 is 16.4 Å². The van der Waals surface area contributed by atoms with Crippen molar-refractivity contribution in [3.05, 3.63) is 0 Å². The molecule has 0 heterocycles. The van der Waals surface area contributed by atoms with Gasteiger partial charge in [0, 0.05) is 128 Å². The first kappa shape index (κ1) is 140. The quantitative estimate of drug-likeness (QED) is 0.279. The van der Waals surface area contributed by atoms with Gasteiger partial charge in [-0.2, -0.15) is 0 Å². The Kier molecular flexibility index (Phi) is 1470. The Morgan fingerprint density at radius 2 is 0.455 bits per heavy atom. The van der Waals surface area contributed by atoms with Crippen molar-refractivity contribution in [1.82, 2.24) is 0 Å². The summed E-state index contributed by atoms with van der Waals surface area (Å²) < 4.78 is 0. The normalized spacial score (nSPS) is 0. The maximum Gasteiger partial charge on any atom is 3.00 e. The SMILES string of the molecule is [Al+3].[Al+3].[Mo].[Mo].[O-2].[O-2].[O-2].[Pt].[Pt].[Ti].[Ti]. The molecule has 0 unspecified atom stereocenters. The minimum atomic E-state index is 0. The second-order valence-electron chi connectivity index (χ2n) is 0. The Morgan fingerprint density at radius 1 is 0.455 bits per heavy atom. The van der Waals surface area contributed by atoms with Crippen molar-refractivity contribution in [3.63, 3.8) is 0 Å². The van der Waals surface area contributed by atoms with Crippen LogP contribution in [0.3, 0.4) is 0 Å². The van der Waals surface area contributed by atoms with Crippen molar-refractivity contribution in [2.75, 3.05) is 0 Å². The van der Waals surface area contributed by atoms with E-state index in [1.165, 1.54) is 0 Å². The molecule has 0 rings (SSSR count). The Morgan fingerprint density at radius 3 is 0.455 bits per heavy atom. The topological polar surface area (TPSA) is 85.5 Å². The summed E-state index contributed by atoms with van der Waals surface area (Å²) in [5, 5.41) is 0. The van der Waals surface area contributed by atoms with Gasteiger partial charge in [0.2, 0.25) is 0 Å². The largest absolute Gasteiger partial charge is 3.00 e. The van der Waals surface area contributed by atoms with Gasteiger partial charge in [0.05, 0.1) is 0 Å². The molecule has 0 spiro atoms. The van der Waals surface area contributed by atoms with E-state index in [4.69, 9.17) is 0 Å². The van der Waals surface area contributed by atoms with Crippen LogP contribution in [-0.2, 0) is 144 Å². The third kappa shape index (κ3) is 99.2. The minimum absolute atomic E-state index is 0. The van der Waals surface area contributed by atoms with Crippen molar-refractivity contribution in [2.45, 2.75) is 0 Å². The third-order valence-electron chi connectivity index (χ3n) is 0. The van der Waals surface area contributed by atoms with E-state index in [2.05, 4.69) is 0 Å². The molecule has 0 fully saturated rings. The van der Waals surface area contributed by atoms with E-state index in [1.54, 1.807) is 0 Å². The zero-order valence-electron chi connectivity index (χ0n) is 4.83.